The minimum absolute atomic E-state index is 0.155. The third-order valence-electron chi connectivity index (χ3n) is 6.60. The fourth-order valence-electron chi connectivity index (χ4n) is 4.64. The highest BCUT2D eigenvalue weighted by molar-refractivity contribution is 7.89. The number of carbonyl (C=O) groups is 1. The van der Waals surface area contributed by atoms with Crippen molar-refractivity contribution >= 4 is 15.9 Å². The van der Waals surface area contributed by atoms with Crippen LogP contribution in [0.3, 0.4) is 0 Å². The Morgan fingerprint density at radius 1 is 0.909 bits per heavy atom. The number of rotatable bonds is 5. The molecule has 2 saturated heterocycles. The second-order valence-corrected chi connectivity index (χ2v) is 10.9. The molecule has 2 aromatic carbocycles. The molecule has 0 aliphatic carbocycles. The fraction of sp³-hybridized carbons (Fsp3) is 0.480. The van der Waals surface area contributed by atoms with E-state index in [1.165, 1.54) is 6.07 Å². The lowest BCUT2D eigenvalue weighted by molar-refractivity contribution is 0.0760. The van der Waals surface area contributed by atoms with Crippen LogP contribution in [0.5, 0.6) is 0 Å². The molecule has 8 heteroatoms. The Bertz CT molecular complexity index is 1100. The average Bonchev–Trinajstić information content (AvgIpc) is 3.06. The maximum atomic E-state index is 14.0. The normalized spacial score (nSPS) is 18.8. The summed E-state index contributed by atoms with van der Waals surface area (Å²) in [5.74, 6) is -0.366. The molecule has 0 aromatic heterocycles. The van der Waals surface area contributed by atoms with Crippen LogP contribution in [-0.2, 0) is 16.6 Å². The van der Waals surface area contributed by atoms with Crippen LogP contribution < -0.4 is 0 Å². The number of halogens is 1. The zero-order valence-electron chi connectivity index (χ0n) is 19.2. The van der Waals surface area contributed by atoms with Crippen LogP contribution in [0.4, 0.5) is 4.39 Å². The standard InChI is InChI=1S/C25H32FN3O3S/c1-20-10-11-21(18-24(20)33(31,32)29-14-5-2-6-15-29)25(30)28-13-7-12-27(16-17-28)19-22-8-3-4-9-23(22)26/h3-4,8-11,18H,2,5-7,12-17,19H2,1H3. The van der Waals surface area contributed by atoms with Crippen molar-refractivity contribution in [1.82, 2.24) is 14.1 Å². The van der Waals surface area contributed by atoms with Crippen molar-refractivity contribution in [3.05, 3.63) is 65.0 Å². The molecule has 6 nitrogen and oxygen atoms in total. The molecule has 0 unspecified atom stereocenters. The molecular weight excluding hydrogens is 441 g/mol. The SMILES string of the molecule is Cc1ccc(C(=O)N2CCCN(Cc3ccccc3F)CC2)cc1S(=O)(=O)N1CCCCC1. The summed E-state index contributed by atoms with van der Waals surface area (Å²) >= 11 is 0. The van der Waals surface area contributed by atoms with Crippen molar-refractivity contribution in [1.29, 1.82) is 0 Å². The van der Waals surface area contributed by atoms with Gasteiger partial charge in [0, 0.05) is 56.9 Å². The van der Waals surface area contributed by atoms with Crippen molar-refractivity contribution in [2.75, 3.05) is 39.3 Å². The molecule has 2 aromatic rings. The largest absolute Gasteiger partial charge is 0.337 e. The predicted molar refractivity (Wildman–Crippen MR) is 126 cm³/mol. The van der Waals surface area contributed by atoms with Crippen LogP contribution in [0.15, 0.2) is 47.4 Å². The zero-order chi connectivity index (χ0) is 23.4. The number of aryl methyl sites for hydroxylation is 1. The Morgan fingerprint density at radius 2 is 1.67 bits per heavy atom. The Kier molecular flexibility index (Phi) is 7.46. The molecule has 0 bridgehead atoms. The van der Waals surface area contributed by atoms with Crippen LogP contribution >= 0.6 is 0 Å². The van der Waals surface area contributed by atoms with Crippen LogP contribution in [0.1, 0.15) is 47.2 Å². The Balaban J connectivity index is 1.47. The highest BCUT2D eigenvalue weighted by Crippen LogP contribution is 2.25. The maximum absolute atomic E-state index is 14.0. The van der Waals surface area contributed by atoms with Gasteiger partial charge in [0.25, 0.3) is 5.91 Å². The summed E-state index contributed by atoms with van der Waals surface area (Å²) in [5.41, 5.74) is 1.71. The molecule has 0 spiro atoms. The molecule has 178 valence electrons. The van der Waals surface area contributed by atoms with Crippen LogP contribution in [0.2, 0.25) is 0 Å². The van der Waals surface area contributed by atoms with Crippen molar-refractivity contribution in [3.63, 3.8) is 0 Å². The van der Waals surface area contributed by atoms with Gasteiger partial charge in [0.15, 0.2) is 0 Å². The van der Waals surface area contributed by atoms with Gasteiger partial charge in [0.1, 0.15) is 5.82 Å². The van der Waals surface area contributed by atoms with E-state index in [0.717, 1.165) is 32.2 Å². The van der Waals surface area contributed by atoms with E-state index in [9.17, 15) is 17.6 Å². The summed E-state index contributed by atoms with van der Waals surface area (Å²) in [7, 11) is -3.62. The van der Waals surface area contributed by atoms with Gasteiger partial charge in [-0.25, -0.2) is 12.8 Å². The van der Waals surface area contributed by atoms with Gasteiger partial charge >= 0.3 is 0 Å². The molecular formula is C25H32FN3O3S. The number of carbonyl (C=O) groups excluding carboxylic acids is 1. The van der Waals surface area contributed by atoms with E-state index in [0.29, 0.717) is 56.0 Å². The Hall–Kier alpha value is -2.29. The van der Waals surface area contributed by atoms with Gasteiger partial charge in [-0.15, -0.1) is 0 Å². The summed E-state index contributed by atoms with van der Waals surface area (Å²) in [6.45, 7) is 5.89. The second kappa shape index (κ2) is 10.3. The van der Waals surface area contributed by atoms with Gasteiger partial charge in [0.05, 0.1) is 4.90 Å². The molecule has 0 saturated carbocycles. The smallest absolute Gasteiger partial charge is 0.253 e. The molecule has 0 N–H and O–H groups in total. The summed E-state index contributed by atoms with van der Waals surface area (Å²) in [4.78, 5) is 17.4. The van der Waals surface area contributed by atoms with Gasteiger partial charge < -0.3 is 4.90 Å². The second-order valence-electron chi connectivity index (χ2n) is 8.96. The Morgan fingerprint density at radius 3 is 2.42 bits per heavy atom. The molecule has 0 radical (unpaired) electrons. The molecule has 2 heterocycles. The third-order valence-corrected chi connectivity index (χ3v) is 8.64. The minimum atomic E-state index is -3.62. The van der Waals surface area contributed by atoms with E-state index < -0.39 is 10.0 Å². The highest BCUT2D eigenvalue weighted by Gasteiger charge is 2.29. The number of benzene rings is 2. The van der Waals surface area contributed by atoms with Crippen LogP contribution in [0.25, 0.3) is 0 Å². The van der Waals surface area contributed by atoms with Crippen molar-refractivity contribution < 1.29 is 17.6 Å². The molecule has 2 aliphatic rings. The predicted octanol–water partition coefficient (Wildman–Crippen LogP) is 3.66. The first kappa shape index (κ1) is 23.9. The quantitative estimate of drug-likeness (QED) is 0.665. The monoisotopic (exact) mass is 473 g/mol. The van der Waals surface area contributed by atoms with Gasteiger partial charge in [-0.2, -0.15) is 4.31 Å². The number of piperidine rings is 1. The molecule has 1 amide bonds. The lowest BCUT2D eigenvalue weighted by atomic mass is 10.1. The van der Waals surface area contributed by atoms with E-state index in [1.807, 2.05) is 6.07 Å². The number of hydrogen-bond donors (Lipinski definition) is 0. The molecule has 2 aliphatic heterocycles. The highest BCUT2D eigenvalue weighted by atomic mass is 32.2. The van der Waals surface area contributed by atoms with E-state index in [4.69, 9.17) is 0 Å². The summed E-state index contributed by atoms with van der Waals surface area (Å²) in [6.07, 6.45) is 3.57. The minimum Gasteiger partial charge on any atom is -0.337 e. The first-order chi connectivity index (χ1) is 15.9. The maximum Gasteiger partial charge on any atom is 0.253 e. The molecule has 2 fully saturated rings. The molecule has 0 atom stereocenters. The van der Waals surface area contributed by atoms with E-state index in [2.05, 4.69) is 4.90 Å². The number of amides is 1. The lowest BCUT2D eigenvalue weighted by Crippen LogP contribution is -2.37. The van der Waals surface area contributed by atoms with E-state index in [-0.39, 0.29) is 16.6 Å². The van der Waals surface area contributed by atoms with Gasteiger partial charge in [0.2, 0.25) is 10.0 Å². The van der Waals surface area contributed by atoms with E-state index in [1.54, 1.807) is 46.5 Å². The zero-order valence-corrected chi connectivity index (χ0v) is 20.0. The topological polar surface area (TPSA) is 60.9 Å². The Labute approximate surface area is 196 Å². The number of sulfonamides is 1. The van der Waals surface area contributed by atoms with Crippen molar-refractivity contribution in [2.24, 2.45) is 0 Å². The molecule has 4 rings (SSSR count). The van der Waals surface area contributed by atoms with Gasteiger partial charge in [-0.3, -0.25) is 9.69 Å². The number of nitrogens with zero attached hydrogens (tertiary/aromatic N) is 3. The summed E-state index contributed by atoms with van der Waals surface area (Å²) in [5, 5.41) is 0. The van der Waals surface area contributed by atoms with Gasteiger partial charge in [-0.05, 0) is 49.9 Å². The van der Waals surface area contributed by atoms with Gasteiger partial charge in [-0.1, -0.05) is 30.7 Å². The average molecular weight is 474 g/mol. The first-order valence-electron chi connectivity index (χ1n) is 11.7. The summed E-state index contributed by atoms with van der Waals surface area (Å²) < 4.78 is 42.0. The summed E-state index contributed by atoms with van der Waals surface area (Å²) in [6, 6.07) is 11.8. The third kappa shape index (κ3) is 5.45. The fourth-order valence-corrected chi connectivity index (χ4v) is 6.41. The first-order valence-corrected chi connectivity index (χ1v) is 13.2. The molecule has 33 heavy (non-hydrogen) atoms. The lowest BCUT2D eigenvalue weighted by Gasteiger charge is -2.27. The number of hydrogen-bond acceptors (Lipinski definition) is 4. The van der Waals surface area contributed by atoms with Crippen molar-refractivity contribution in [3.8, 4) is 0 Å². The van der Waals surface area contributed by atoms with Crippen molar-refractivity contribution in [2.45, 2.75) is 44.0 Å². The van der Waals surface area contributed by atoms with E-state index >= 15 is 0 Å². The van der Waals surface area contributed by atoms with Crippen LogP contribution in [0, 0.1) is 12.7 Å². The van der Waals surface area contributed by atoms with Crippen LogP contribution in [-0.4, -0.2) is 67.7 Å².